The topological polar surface area (TPSA) is 43.6 Å². The van der Waals surface area contributed by atoms with Crippen LogP contribution in [0.2, 0.25) is 5.15 Å². The Kier molecular flexibility index (Phi) is 1.98. The lowest BCUT2D eigenvalue weighted by atomic mass is 10.6. The molecule has 0 aromatic carbocycles. The van der Waals surface area contributed by atoms with E-state index in [1.165, 1.54) is 6.20 Å². The Morgan fingerprint density at radius 2 is 2.23 bits per heavy atom. The fourth-order valence-electron chi connectivity index (χ4n) is 1.07. The quantitative estimate of drug-likeness (QED) is 0.693. The smallest absolute Gasteiger partial charge is 0.158 e. The molecule has 0 unspecified atom stereocenters. The number of hydrogen-bond donors (Lipinski definition) is 0. The van der Waals surface area contributed by atoms with E-state index in [1.807, 2.05) is 17.7 Å². The van der Waals surface area contributed by atoms with Gasteiger partial charge >= 0.3 is 0 Å². The predicted octanol–water partition coefficient (Wildman–Crippen LogP) is 1.62. The van der Waals surface area contributed by atoms with Gasteiger partial charge in [0.1, 0.15) is 11.0 Å². The van der Waals surface area contributed by atoms with E-state index in [-0.39, 0.29) is 0 Å². The van der Waals surface area contributed by atoms with Gasteiger partial charge in [0.15, 0.2) is 5.82 Å². The van der Waals surface area contributed by atoms with Crippen LogP contribution in [0.25, 0.3) is 5.82 Å². The van der Waals surface area contributed by atoms with E-state index in [1.54, 1.807) is 12.4 Å². The number of nitrogens with zero attached hydrogens (tertiary/aromatic N) is 4. The predicted molar refractivity (Wildman–Crippen MR) is 48.9 cm³/mol. The van der Waals surface area contributed by atoms with Crippen LogP contribution in [-0.2, 0) is 0 Å². The van der Waals surface area contributed by atoms with Gasteiger partial charge in [0.25, 0.3) is 0 Å². The van der Waals surface area contributed by atoms with E-state index in [0.29, 0.717) is 11.0 Å². The lowest BCUT2D eigenvalue weighted by molar-refractivity contribution is 0.919. The summed E-state index contributed by atoms with van der Waals surface area (Å²) in [5.41, 5.74) is 0. The van der Waals surface area contributed by atoms with Crippen molar-refractivity contribution in [2.24, 2.45) is 0 Å². The molecule has 0 aliphatic rings. The second-order valence-electron chi connectivity index (χ2n) is 2.54. The highest BCUT2D eigenvalue weighted by molar-refractivity contribution is 6.29. The third-order valence-corrected chi connectivity index (χ3v) is 1.85. The van der Waals surface area contributed by atoms with E-state index in [2.05, 4.69) is 15.0 Å². The Bertz CT molecular complexity index is 424. The van der Waals surface area contributed by atoms with Gasteiger partial charge in [0.05, 0.1) is 12.4 Å². The SMILES string of the molecule is Cc1nccn1-c1cncc(Cl)n1. The standard InChI is InChI=1S/C8H7ClN4/c1-6-11-2-3-13(6)8-5-10-4-7(9)12-8/h2-5H,1H3. The van der Waals surface area contributed by atoms with Crippen LogP contribution in [0.1, 0.15) is 5.82 Å². The van der Waals surface area contributed by atoms with Crippen molar-refractivity contribution in [3.05, 3.63) is 35.8 Å². The van der Waals surface area contributed by atoms with Gasteiger partial charge in [0.2, 0.25) is 0 Å². The van der Waals surface area contributed by atoms with Crippen LogP contribution >= 0.6 is 11.6 Å². The first-order chi connectivity index (χ1) is 6.27. The van der Waals surface area contributed by atoms with E-state index in [4.69, 9.17) is 11.6 Å². The highest BCUT2D eigenvalue weighted by Gasteiger charge is 2.01. The Labute approximate surface area is 80.2 Å². The summed E-state index contributed by atoms with van der Waals surface area (Å²) in [5.74, 6) is 1.54. The third-order valence-electron chi connectivity index (χ3n) is 1.66. The average Bonchev–Trinajstić information content (AvgIpc) is 2.51. The first kappa shape index (κ1) is 8.19. The number of rotatable bonds is 1. The van der Waals surface area contributed by atoms with Crippen LogP contribution in [0.5, 0.6) is 0 Å². The molecule has 0 radical (unpaired) electrons. The molecule has 0 N–H and O–H groups in total. The maximum Gasteiger partial charge on any atom is 0.158 e. The second-order valence-corrected chi connectivity index (χ2v) is 2.93. The summed E-state index contributed by atoms with van der Waals surface area (Å²) >= 11 is 5.71. The molecular weight excluding hydrogens is 188 g/mol. The Morgan fingerprint density at radius 1 is 1.38 bits per heavy atom. The molecule has 0 amide bonds. The van der Waals surface area contributed by atoms with Crippen molar-refractivity contribution in [1.29, 1.82) is 0 Å². The molecule has 0 saturated carbocycles. The normalized spacial score (nSPS) is 10.3. The van der Waals surface area contributed by atoms with Crippen LogP contribution in [-0.4, -0.2) is 19.5 Å². The fraction of sp³-hybridized carbons (Fsp3) is 0.125. The zero-order chi connectivity index (χ0) is 9.26. The van der Waals surface area contributed by atoms with Gasteiger partial charge in [-0.3, -0.25) is 9.55 Å². The molecule has 0 aliphatic carbocycles. The monoisotopic (exact) mass is 194 g/mol. The molecule has 0 spiro atoms. The number of aromatic nitrogens is 4. The van der Waals surface area contributed by atoms with Crippen molar-refractivity contribution >= 4 is 11.6 Å². The summed E-state index contributed by atoms with van der Waals surface area (Å²) in [6.07, 6.45) is 6.66. The zero-order valence-corrected chi connectivity index (χ0v) is 7.73. The minimum atomic E-state index is 0.380. The van der Waals surface area contributed by atoms with E-state index < -0.39 is 0 Å². The lowest BCUT2D eigenvalue weighted by Crippen LogP contribution is -1.99. The maximum atomic E-state index is 5.71. The van der Waals surface area contributed by atoms with Gasteiger partial charge in [-0.2, -0.15) is 0 Å². The minimum absolute atomic E-state index is 0.380. The van der Waals surface area contributed by atoms with Gasteiger partial charge < -0.3 is 0 Å². The largest absolute Gasteiger partial charge is 0.287 e. The minimum Gasteiger partial charge on any atom is -0.287 e. The summed E-state index contributed by atoms with van der Waals surface area (Å²) in [6.45, 7) is 1.89. The molecule has 0 bridgehead atoms. The fourth-order valence-corrected chi connectivity index (χ4v) is 1.21. The molecule has 2 heterocycles. The summed E-state index contributed by atoms with van der Waals surface area (Å²) < 4.78 is 1.82. The van der Waals surface area contributed by atoms with Gasteiger partial charge in [-0.25, -0.2) is 9.97 Å². The maximum absolute atomic E-state index is 5.71. The summed E-state index contributed by atoms with van der Waals surface area (Å²) in [7, 11) is 0. The lowest BCUT2D eigenvalue weighted by Gasteiger charge is -2.02. The van der Waals surface area contributed by atoms with Gasteiger partial charge in [-0.05, 0) is 6.92 Å². The molecule has 2 rings (SSSR count). The average molecular weight is 195 g/mol. The molecule has 0 fully saturated rings. The van der Waals surface area contributed by atoms with Crippen molar-refractivity contribution in [2.45, 2.75) is 6.92 Å². The van der Waals surface area contributed by atoms with Gasteiger partial charge in [0, 0.05) is 12.4 Å². The summed E-state index contributed by atoms with van der Waals surface area (Å²) in [5, 5.41) is 0.380. The molecule has 66 valence electrons. The number of aryl methyl sites for hydroxylation is 1. The Hall–Kier alpha value is -1.42. The van der Waals surface area contributed by atoms with Crippen molar-refractivity contribution in [3.63, 3.8) is 0 Å². The summed E-state index contributed by atoms with van der Waals surface area (Å²) in [6, 6.07) is 0. The van der Waals surface area contributed by atoms with Gasteiger partial charge in [-0.15, -0.1) is 0 Å². The van der Waals surface area contributed by atoms with E-state index >= 15 is 0 Å². The first-order valence-electron chi connectivity index (χ1n) is 3.75. The van der Waals surface area contributed by atoms with Crippen LogP contribution in [0.15, 0.2) is 24.8 Å². The first-order valence-corrected chi connectivity index (χ1v) is 4.13. The number of halogens is 1. The van der Waals surface area contributed by atoms with Gasteiger partial charge in [-0.1, -0.05) is 11.6 Å². The molecule has 13 heavy (non-hydrogen) atoms. The highest BCUT2D eigenvalue weighted by Crippen LogP contribution is 2.08. The molecule has 0 atom stereocenters. The zero-order valence-electron chi connectivity index (χ0n) is 6.98. The van der Waals surface area contributed by atoms with Crippen LogP contribution in [0, 0.1) is 6.92 Å². The van der Waals surface area contributed by atoms with E-state index in [9.17, 15) is 0 Å². The van der Waals surface area contributed by atoms with Crippen molar-refractivity contribution in [2.75, 3.05) is 0 Å². The van der Waals surface area contributed by atoms with Crippen LogP contribution in [0.3, 0.4) is 0 Å². The van der Waals surface area contributed by atoms with Crippen LogP contribution in [0.4, 0.5) is 0 Å². The molecule has 4 nitrogen and oxygen atoms in total. The number of hydrogen-bond acceptors (Lipinski definition) is 3. The van der Waals surface area contributed by atoms with Crippen LogP contribution < -0.4 is 0 Å². The summed E-state index contributed by atoms with van der Waals surface area (Å²) in [4.78, 5) is 12.1. The Balaban J connectivity index is 2.53. The molecule has 0 aliphatic heterocycles. The number of imidazole rings is 1. The molecule has 2 aromatic heterocycles. The molecular formula is C8H7ClN4. The van der Waals surface area contributed by atoms with Crippen molar-refractivity contribution in [3.8, 4) is 5.82 Å². The second kappa shape index (κ2) is 3.14. The van der Waals surface area contributed by atoms with Crippen molar-refractivity contribution in [1.82, 2.24) is 19.5 Å². The molecule has 0 saturated heterocycles. The van der Waals surface area contributed by atoms with Crippen molar-refractivity contribution < 1.29 is 0 Å². The highest BCUT2D eigenvalue weighted by atomic mass is 35.5. The molecule has 5 heteroatoms. The molecule has 2 aromatic rings. The Morgan fingerprint density at radius 3 is 2.85 bits per heavy atom. The van der Waals surface area contributed by atoms with E-state index in [0.717, 1.165) is 5.82 Å². The third kappa shape index (κ3) is 1.53.